The van der Waals surface area contributed by atoms with Gasteiger partial charge in [0.2, 0.25) is 0 Å². The first kappa shape index (κ1) is 14.0. The molecule has 1 amide bonds. The number of anilines is 1. The third kappa shape index (κ3) is 3.32. The van der Waals surface area contributed by atoms with E-state index in [0.717, 1.165) is 23.5 Å². The van der Waals surface area contributed by atoms with E-state index in [9.17, 15) is 4.79 Å². The number of aromatic nitrogens is 2. The summed E-state index contributed by atoms with van der Waals surface area (Å²) in [4.78, 5) is 20.4. The van der Waals surface area contributed by atoms with Crippen molar-refractivity contribution in [3.63, 3.8) is 0 Å². The smallest absolute Gasteiger partial charge is 0.253 e. The Morgan fingerprint density at radius 1 is 1.25 bits per heavy atom. The van der Waals surface area contributed by atoms with Gasteiger partial charge < -0.3 is 10.6 Å². The molecule has 0 unspecified atom stereocenters. The van der Waals surface area contributed by atoms with E-state index in [1.807, 2.05) is 12.1 Å². The van der Waals surface area contributed by atoms with Gasteiger partial charge in [0.25, 0.3) is 5.91 Å². The highest BCUT2D eigenvalue weighted by Crippen LogP contribution is 2.07. The number of hydrogen-bond acceptors (Lipinski definition) is 4. The Labute approximate surface area is 118 Å². The minimum atomic E-state index is -0.146. The molecular formula is C15H18N4O. The number of carbonyl (C=O) groups excluding carboxylic acids is 1. The summed E-state index contributed by atoms with van der Waals surface area (Å²) in [7, 11) is 1.79. The standard InChI is InChI=1S/C15H18N4O/c1-3-11-5-4-8-17-13(11)10-19-15(20)12-6-7-14(16-2)18-9-12/h4-9H,3,10H2,1-2H3,(H,16,18)(H,19,20). The summed E-state index contributed by atoms with van der Waals surface area (Å²) >= 11 is 0. The molecule has 0 saturated carbocycles. The molecule has 0 bridgehead atoms. The first-order valence-electron chi connectivity index (χ1n) is 6.59. The van der Waals surface area contributed by atoms with Crippen LogP contribution in [-0.2, 0) is 13.0 Å². The predicted molar refractivity (Wildman–Crippen MR) is 78.6 cm³/mol. The number of aryl methyl sites for hydroxylation is 1. The van der Waals surface area contributed by atoms with Gasteiger partial charge in [-0.1, -0.05) is 13.0 Å². The molecule has 2 aromatic heterocycles. The van der Waals surface area contributed by atoms with Gasteiger partial charge in [-0.3, -0.25) is 9.78 Å². The Balaban J connectivity index is 2.01. The fourth-order valence-corrected chi connectivity index (χ4v) is 1.89. The Kier molecular flexibility index (Phi) is 4.65. The second kappa shape index (κ2) is 6.65. The SMILES string of the molecule is CCc1cccnc1CNC(=O)c1ccc(NC)nc1. The molecule has 20 heavy (non-hydrogen) atoms. The van der Waals surface area contributed by atoms with E-state index in [-0.39, 0.29) is 5.91 Å². The van der Waals surface area contributed by atoms with Gasteiger partial charge in [0.15, 0.2) is 0 Å². The summed E-state index contributed by atoms with van der Waals surface area (Å²) < 4.78 is 0. The van der Waals surface area contributed by atoms with Gasteiger partial charge in [0.1, 0.15) is 5.82 Å². The second-order valence-electron chi connectivity index (χ2n) is 4.33. The predicted octanol–water partition coefficient (Wildman–Crippen LogP) is 2.01. The molecule has 0 radical (unpaired) electrons. The Morgan fingerprint density at radius 2 is 2.10 bits per heavy atom. The van der Waals surface area contributed by atoms with Gasteiger partial charge in [-0.15, -0.1) is 0 Å². The average molecular weight is 270 g/mol. The van der Waals surface area contributed by atoms with Crippen LogP contribution in [0.3, 0.4) is 0 Å². The zero-order chi connectivity index (χ0) is 14.4. The normalized spacial score (nSPS) is 10.1. The van der Waals surface area contributed by atoms with Crippen LogP contribution < -0.4 is 10.6 Å². The van der Waals surface area contributed by atoms with Crippen molar-refractivity contribution >= 4 is 11.7 Å². The number of hydrogen-bond donors (Lipinski definition) is 2. The van der Waals surface area contributed by atoms with Crippen molar-refractivity contribution in [2.75, 3.05) is 12.4 Å². The lowest BCUT2D eigenvalue weighted by Crippen LogP contribution is -2.24. The summed E-state index contributed by atoms with van der Waals surface area (Å²) in [5, 5.41) is 5.78. The van der Waals surface area contributed by atoms with E-state index in [1.165, 1.54) is 0 Å². The van der Waals surface area contributed by atoms with E-state index in [4.69, 9.17) is 0 Å². The largest absolute Gasteiger partial charge is 0.373 e. The molecule has 2 aromatic rings. The number of rotatable bonds is 5. The zero-order valence-corrected chi connectivity index (χ0v) is 11.7. The number of amides is 1. The van der Waals surface area contributed by atoms with Crippen LogP contribution in [0.1, 0.15) is 28.5 Å². The molecule has 0 spiro atoms. The van der Waals surface area contributed by atoms with Gasteiger partial charge in [0.05, 0.1) is 17.8 Å². The van der Waals surface area contributed by atoms with Crippen molar-refractivity contribution in [3.05, 3.63) is 53.5 Å². The third-order valence-corrected chi connectivity index (χ3v) is 3.06. The Hall–Kier alpha value is -2.43. The molecular weight excluding hydrogens is 252 g/mol. The van der Waals surface area contributed by atoms with Crippen molar-refractivity contribution < 1.29 is 4.79 Å². The second-order valence-corrected chi connectivity index (χ2v) is 4.33. The summed E-state index contributed by atoms with van der Waals surface area (Å²) in [5.41, 5.74) is 2.59. The molecule has 0 aromatic carbocycles. The first-order chi connectivity index (χ1) is 9.74. The average Bonchev–Trinajstić information content (AvgIpc) is 2.53. The van der Waals surface area contributed by atoms with Crippen LogP contribution >= 0.6 is 0 Å². The summed E-state index contributed by atoms with van der Waals surface area (Å²) in [5.74, 6) is 0.590. The van der Waals surface area contributed by atoms with Crippen molar-refractivity contribution in [3.8, 4) is 0 Å². The zero-order valence-electron chi connectivity index (χ0n) is 11.7. The van der Waals surface area contributed by atoms with Crippen LogP contribution in [0.5, 0.6) is 0 Å². The number of pyridine rings is 2. The van der Waals surface area contributed by atoms with E-state index < -0.39 is 0 Å². The van der Waals surface area contributed by atoms with Crippen LogP contribution in [0.4, 0.5) is 5.82 Å². The lowest BCUT2D eigenvalue weighted by Gasteiger charge is -2.08. The van der Waals surface area contributed by atoms with Crippen LogP contribution in [-0.4, -0.2) is 22.9 Å². The molecule has 0 aliphatic rings. The maximum atomic E-state index is 12.0. The minimum absolute atomic E-state index is 0.146. The monoisotopic (exact) mass is 270 g/mol. The fourth-order valence-electron chi connectivity index (χ4n) is 1.89. The summed E-state index contributed by atoms with van der Waals surface area (Å²) in [6.45, 7) is 2.50. The molecule has 0 aliphatic carbocycles. The lowest BCUT2D eigenvalue weighted by atomic mass is 10.1. The van der Waals surface area contributed by atoms with Gasteiger partial charge in [0, 0.05) is 19.4 Å². The van der Waals surface area contributed by atoms with E-state index in [0.29, 0.717) is 12.1 Å². The topological polar surface area (TPSA) is 66.9 Å². The maximum Gasteiger partial charge on any atom is 0.253 e. The minimum Gasteiger partial charge on any atom is -0.373 e. The highest BCUT2D eigenvalue weighted by molar-refractivity contribution is 5.93. The molecule has 0 saturated heterocycles. The molecule has 2 heterocycles. The molecule has 0 atom stereocenters. The third-order valence-electron chi connectivity index (χ3n) is 3.06. The number of carbonyl (C=O) groups is 1. The molecule has 5 nitrogen and oxygen atoms in total. The van der Waals surface area contributed by atoms with Crippen molar-refractivity contribution in [1.29, 1.82) is 0 Å². The summed E-state index contributed by atoms with van der Waals surface area (Å²) in [6.07, 6.45) is 4.20. The highest BCUT2D eigenvalue weighted by Gasteiger charge is 2.07. The van der Waals surface area contributed by atoms with E-state index in [2.05, 4.69) is 27.5 Å². The van der Waals surface area contributed by atoms with Gasteiger partial charge in [-0.05, 0) is 30.2 Å². The van der Waals surface area contributed by atoms with Crippen LogP contribution in [0.2, 0.25) is 0 Å². The van der Waals surface area contributed by atoms with E-state index >= 15 is 0 Å². The summed E-state index contributed by atoms with van der Waals surface area (Å²) in [6, 6.07) is 7.45. The van der Waals surface area contributed by atoms with Gasteiger partial charge in [-0.25, -0.2) is 4.98 Å². The van der Waals surface area contributed by atoms with Crippen LogP contribution in [0, 0.1) is 0 Å². The molecule has 5 heteroatoms. The Morgan fingerprint density at radius 3 is 2.75 bits per heavy atom. The van der Waals surface area contributed by atoms with Crippen molar-refractivity contribution in [2.24, 2.45) is 0 Å². The van der Waals surface area contributed by atoms with E-state index in [1.54, 1.807) is 31.6 Å². The maximum absolute atomic E-state index is 12.0. The Bertz CT molecular complexity index is 581. The first-order valence-corrected chi connectivity index (χ1v) is 6.59. The molecule has 0 fully saturated rings. The number of nitrogens with one attached hydrogen (secondary N) is 2. The lowest BCUT2D eigenvalue weighted by molar-refractivity contribution is 0.0950. The fraction of sp³-hybridized carbons (Fsp3) is 0.267. The van der Waals surface area contributed by atoms with Crippen molar-refractivity contribution in [1.82, 2.24) is 15.3 Å². The quantitative estimate of drug-likeness (QED) is 0.872. The van der Waals surface area contributed by atoms with Gasteiger partial charge >= 0.3 is 0 Å². The van der Waals surface area contributed by atoms with Crippen molar-refractivity contribution in [2.45, 2.75) is 19.9 Å². The molecule has 0 aliphatic heterocycles. The highest BCUT2D eigenvalue weighted by atomic mass is 16.1. The molecule has 104 valence electrons. The van der Waals surface area contributed by atoms with Crippen LogP contribution in [0.25, 0.3) is 0 Å². The van der Waals surface area contributed by atoms with Crippen LogP contribution in [0.15, 0.2) is 36.7 Å². The number of nitrogens with zero attached hydrogens (tertiary/aromatic N) is 2. The molecule has 2 rings (SSSR count). The van der Waals surface area contributed by atoms with Gasteiger partial charge in [-0.2, -0.15) is 0 Å². The molecule has 2 N–H and O–H groups in total.